The maximum atomic E-state index is 4.02. The molecule has 1 aliphatic carbocycles. The van der Waals surface area contributed by atoms with Crippen LogP contribution in [0.4, 0.5) is 0 Å². The molecule has 0 aliphatic heterocycles. The van der Waals surface area contributed by atoms with Crippen LogP contribution >= 0.6 is 0 Å². The minimum atomic E-state index is -2.53. The van der Waals surface area contributed by atoms with E-state index >= 15 is 0 Å². The first-order chi connectivity index (χ1) is 14.3. The molecule has 1 atom stereocenters. The Morgan fingerprint density at radius 2 is 1.15 bits per heavy atom. The van der Waals surface area contributed by atoms with Gasteiger partial charge in [-0.25, -0.2) is 5.57 Å². The molecule has 0 saturated carbocycles. The van der Waals surface area contributed by atoms with E-state index in [1.807, 2.05) is 0 Å². The number of hydrogen-bond donors (Lipinski definition) is 0. The standard InChI is InChI=1S/C29H31Si.3ClH.Ti/c1-21-17-18-22(2)28(19-21)30(26-13-9-7-10-14-26,27-15-11-8-12-16-27)29(6)20-23(3)24(4)25(29)5;;;;/h7-19H,1-6H3;3*1H;/q-1;;;;+4/p-3. The molecule has 3 aromatic rings. The largest absolute Gasteiger partial charge is 4.00 e. The summed E-state index contributed by atoms with van der Waals surface area (Å²) in [5.74, 6) is 0. The van der Waals surface area contributed by atoms with E-state index in [0.29, 0.717) is 0 Å². The predicted octanol–water partition coefficient (Wildman–Crippen LogP) is -3.36. The summed E-state index contributed by atoms with van der Waals surface area (Å²) in [6, 6.07) is 29.5. The first-order valence-corrected chi connectivity index (χ1v) is 12.8. The van der Waals surface area contributed by atoms with Crippen molar-refractivity contribution in [3.8, 4) is 0 Å². The van der Waals surface area contributed by atoms with Crippen LogP contribution in [0.2, 0.25) is 5.04 Å². The van der Waals surface area contributed by atoms with Gasteiger partial charge >= 0.3 is 21.7 Å². The van der Waals surface area contributed by atoms with Crippen molar-refractivity contribution in [1.82, 2.24) is 0 Å². The average molecular weight is 562 g/mol. The molecule has 0 amide bonds. The molecule has 0 bridgehead atoms. The molecule has 176 valence electrons. The Kier molecular flexibility index (Phi) is 12.4. The Balaban J connectivity index is 0.00000272. The van der Waals surface area contributed by atoms with Crippen LogP contribution in [0.15, 0.2) is 95.6 Å². The number of aryl methyl sites for hydroxylation is 2. The van der Waals surface area contributed by atoms with Gasteiger partial charge in [0, 0.05) is 0 Å². The summed E-state index contributed by atoms with van der Waals surface area (Å²) in [7, 11) is -2.53. The average Bonchev–Trinajstić information content (AvgIpc) is 2.96. The van der Waals surface area contributed by atoms with Gasteiger partial charge in [0.15, 0.2) is 0 Å². The van der Waals surface area contributed by atoms with Gasteiger partial charge in [0.1, 0.15) is 8.07 Å². The molecule has 1 unspecified atom stereocenters. The van der Waals surface area contributed by atoms with Gasteiger partial charge in [0.05, 0.1) is 0 Å². The third kappa shape index (κ3) is 5.07. The van der Waals surface area contributed by atoms with Crippen molar-refractivity contribution in [3.63, 3.8) is 0 Å². The Labute approximate surface area is 240 Å². The van der Waals surface area contributed by atoms with Gasteiger partial charge in [0.2, 0.25) is 0 Å². The number of halogens is 3. The maximum Gasteiger partial charge on any atom is 4.00 e. The van der Waals surface area contributed by atoms with Crippen LogP contribution in [0.25, 0.3) is 0 Å². The van der Waals surface area contributed by atoms with Crippen molar-refractivity contribution in [2.24, 2.45) is 0 Å². The van der Waals surface area contributed by atoms with Crippen molar-refractivity contribution in [3.05, 3.63) is 113 Å². The molecule has 0 N–H and O–H groups in total. The zero-order valence-corrected chi connectivity index (χ0v) is 25.5. The maximum absolute atomic E-state index is 4.02. The topological polar surface area (TPSA) is 0 Å². The third-order valence-corrected chi connectivity index (χ3v) is 13.0. The Bertz CT molecular complexity index is 1120. The molecule has 0 nitrogen and oxygen atoms in total. The number of rotatable bonds is 4. The smallest absolute Gasteiger partial charge is 1.00 e. The second-order valence-electron chi connectivity index (χ2n) is 8.93. The predicted molar refractivity (Wildman–Crippen MR) is 133 cm³/mol. The van der Waals surface area contributed by atoms with E-state index < -0.39 is 8.07 Å². The van der Waals surface area contributed by atoms with Crippen molar-refractivity contribution in [2.45, 2.75) is 46.6 Å². The molecule has 0 heterocycles. The van der Waals surface area contributed by atoms with E-state index in [1.165, 1.54) is 43.4 Å². The van der Waals surface area contributed by atoms with E-state index in [2.05, 4.69) is 126 Å². The van der Waals surface area contributed by atoms with Crippen LogP contribution in [0, 0.1) is 19.9 Å². The summed E-state index contributed by atoms with van der Waals surface area (Å²) < 4.78 is 0. The molecule has 0 fully saturated rings. The fourth-order valence-electron chi connectivity index (χ4n) is 5.43. The van der Waals surface area contributed by atoms with Crippen molar-refractivity contribution < 1.29 is 58.9 Å². The zero-order chi connectivity index (χ0) is 21.5. The summed E-state index contributed by atoms with van der Waals surface area (Å²) in [6.45, 7) is 13.8. The van der Waals surface area contributed by atoms with Crippen molar-refractivity contribution >= 4 is 23.6 Å². The van der Waals surface area contributed by atoms with Gasteiger partial charge in [-0.1, -0.05) is 116 Å². The summed E-state index contributed by atoms with van der Waals surface area (Å²) in [5.41, 5.74) is 6.84. The second-order valence-corrected chi connectivity index (χ2v) is 13.1. The van der Waals surface area contributed by atoms with E-state index in [9.17, 15) is 0 Å². The van der Waals surface area contributed by atoms with Crippen LogP contribution in [-0.2, 0) is 21.7 Å². The number of hydrogen-bond acceptors (Lipinski definition) is 0. The van der Waals surface area contributed by atoms with Crippen LogP contribution < -0.4 is 52.8 Å². The quantitative estimate of drug-likeness (QED) is 0.178. The normalized spacial score (nSPS) is 16.9. The third-order valence-electron chi connectivity index (χ3n) is 7.27. The second kappa shape index (κ2) is 12.8. The minimum Gasteiger partial charge on any atom is -1.00 e. The molecular weight excluding hydrogens is 531 g/mol. The van der Waals surface area contributed by atoms with Gasteiger partial charge in [0.25, 0.3) is 0 Å². The summed E-state index contributed by atoms with van der Waals surface area (Å²) in [6.07, 6.45) is 4.02. The molecular formula is C29H31Cl3SiTi. The molecule has 0 aromatic heterocycles. The first-order valence-electron chi connectivity index (χ1n) is 10.8. The van der Waals surface area contributed by atoms with Crippen molar-refractivity contribution in [1.29, 1.82) is 0 Å². The van der Waals surface area contributed by atoms with Gasteiger partial charge in [-0.15, -0.1) is 6.92 Å². The molecule has 4 rings (SSSR count). The molecule has 5 heteroatoms. The van der Waals surface area contributed by atoms with E-state index in [-0.39, 0.29) is 64.0 Å². The van der Waals surface area contributed by atoms with Crippen molar-refractivity contribution in [2.75, 3.05) is 0 Å². The number of benzene rings is 3. The molecule has 1 aliphatic rings. The van der Waals surface area contributed by atoms with Gasteiger partial charge in [-0.3, -0.25) is 6.08 Å². The van der Waals surface area contributed by atoms with E-state index in [4.69, 9.17) is 0 Å². The summed E-state index contributed by atoms with van der Waals surface area (Å²) in [5, 5.41) is 4.22. The monoisotopic (exact) mass is 560 g/mol. The summed E-state index contributed by atoms with van der Waals surface area (Å²) in [4.78, 5) is 0. The van der Waals surface area contributed by atoms with E-state index in [1.54, 1.807) is 0 Å². The van der Waals surface area contributed by atoms with E-state index in [0.717, 1.165) is 0 Å². The SMILES string of the molecule is CC1=[C-]C(C)([Si](c2ccccc2)(c2ccccc2)c2cc(C)ccc2C)C(C)=C1C.[Cl-].[Cl-].[Cl-].[Ti+4]. The first kappa shape index (κ1) is 32.9. The molecule has 0 spiro atoms. The van der Waals surface area contributed by atoms with Gasteiger partial charge in [-0.05, 0) is 29.4 Å². The Morgan fingerprint density at radius 1 is 0.676 bits per heavy atom. The van der Waals surface area contributed by atoms with Gasteiger partial charge in [-0.2, -0.15) is 11.1 Å². The zero-order valence-electron chi connectivity index (χ0n) is 20.6. The molecule has 3 aromatic carbocycles. The molecule has 0 radical (unpaired) electrons. The van der Waals surface area contributed by atoms with Crippen LogP contribution in [0.5, 0.6) is 0 Å². The molecule has 0 saturated heterocycles. The molecule has 34 heavy (non-hydrogen) atoms. The Morgan fingerprint density at radius 3 is 1.56 bits per heavy atom. The fraction of sp³-hybridized carbons (Fsp3) is 0.241. The van der Waals surface area contributed by atoms with Gasteiger partial charge < -0.3 is 37.2 Å². The minimum absolute atomic E-state index is 0. The number of allylic oxidation sites excluding steroid dienone is 4. The van der Waals surface area contributed by atoms with Crippen LogP contribution in [-0.4, -0.2) is 8.07 Å². The summed E-state index contributed by atoms with van der Waals surface area (Å²) >= 11 is 0. The van der Waals surface area contributed by atoms with Crippen LogP contribution in [0.3, 0.4) is 0 Å². The Hall–Kier alpha value is -1.06. The fourth-order valence-corrected chi connectivity index (χ4v) is 11.7. The van der Waals surface area contributed by atoms with Crippen LogP contribution in [0.1, 0.15) is 38.8 Å².